The number of thioether (sulfide) groups is 1. The van der Waals surface area contributed by atoms with E-state index in [0.29, 0.717) is 23.8 Å². The Balaban J connectivity index is 1.75. The van der Waals surface area contributed by atoms with Crippen LogP contribution in [0, 0.1) is 0 Å². The van der Waals surface area contributed by atoms with Crippen molar-refractivity contribution in [2.45, 2.75) is 18.3 Å². The molecule has 1 aliphatic rings. The Hall–Kier alpha value is -2.15. The molecule has 2 heterocycles. The lowest BCUT2D eigenvalue weighted by Crippen LogP contribution is -2.30. The maximum Gasteiger partial charge on any atom is 0.233 e. The normalized spacial score (nSPS) is 17.3. The molecule has 3 rings (SSSR count). The summed E-state index contributed by atoms with van der Waals surface area (Å²) in [7, 11) is 3.25. The molecule has 0 saturated carbocycles. The largest absolute Gasteiger partial charge is 0.493 e. The van der Waals surface area contributed by atoms with Gasteiger partial charge in [-0.05, 0) is 12.5 Å². The van der Waals surface area contributed by atoms with Gasteiger partial charge < -0.3 is 18.9 Å². The molecule has 24 heavy (non-hydrogen) atoms. The predicted molar refractivity (Wildman–Crippen MR) is 93.3 cm³/mol. The number of aromatic nitrogens is 2. The van der Waals surface area contributed by atoms with Crippen LogP contribution in [0.4, 0.5) is 0 Å². The van der Waals surface area contributed by atoms with E-state index < -0.39 is 0 Å². The van der Waals surface area contributed by atoms with Crippen molar-refractivity contribution in [2.24, 2.45) is 0 Å². The van der Waals surface area contributed by atoms with Crippen molar-refractivity contribution in [3.05, 3.63) is 42.5 Å². The van der Waals surface area contributed by atoms with Crippen LogP contribution in [-0.2, 0) is 11.3 Å². The smallest absolute Gasteiger partial charge is 0.233 e. The lowest BCUT2D eigenvalue weighted by atomic mass is 10.1. The Morgan fingerprint density at radius 1 is 1.29 bits per heavy atom. The van der Waals surface area contributed by atoms with Crippen molar-refractivity contribution < 1.29 is 14.3 Å². The summed E-state index contributed by atoms with van der Waals surface area (Å²) < 4.78 is 12.9. The molecule has 1 saturated heterocycles. The maximum absolute atomic E-state index is 12.3. The molecule has 7 heteroatoms. The van der Waals surface area contributed by atoms with Gasteiger partial charge in [0.25, 0.3) is 0 Å². The van der Waals surface area contributed by atoms with E-state index in [0.717, 1.165) is 18.5 Å². The zero-order valence-corrected chi connectivity index (χ0v) is 14.7. The molecule has 1 fully saturated rings. The highest BCUT2D eigenvalue weighted by molar-refractivity contribution is 8.00. The van der Waals surface area contributed by atoms with Gasteiger partial charge in [-0.15, -0.1) is 11.8 Å². The SMILES string of the molecule is COc1cccc(C2SCC(=O)N2CCCn2ccnc2)c1OC. The molecule has 1 unspecified atom stereocenters. The third-order valence-electron chi connectivity index (χ3n) is 4.04. The number of aryl methyl sites for hydroxylation is 1. The van der Waals surface area contributed by atoms with Gasteiger partial charge in [0.1, 0.15) is 5.37 Å². The summed E-state index contributed by atoms with van der Waals surface area (Å²) in [6.07, 6.45) is 6.37. The van der Waals surface area contributed by atoms with Gasteiger partial charge in [-0.1, -0.05) is 12.1 Å². The number of nitrogens with zero attached hydrogens (tertiary/aromatic N) is 3. The first-order valence-electron chi connectivity index (χ1n) is 7.82. The Morgan fingerprint density at radius 3 is 2.88 bits per heavy atom. The van der Waals surface area contributed by atoms with E-state index >= 15 is 0 Å². The topological polar surface area (TPSA) is 56.6 Å². The number of para-hydroxylation sites is 1. The van der Waals surface area contributed by atoms with E-state index in [-0.39, 0.29) is 11.3 Å². The summed E-state index contributed by atoms with van der Waals surface area (Å²) in [6.45, 7) is 1.55. The Morgan fingerprint density at radius 2 is 2.17 bits per heavy atom. The molecule has 1 aliphatic heterocycles. The highest BCUT2D eigenvalue weighted by Gasteiger charge is 2.34. The molecule has 1 amide bonds. The van der Waals surface area contributed by atoms with Crippen LogP contribution in [0.15, 0.2) is 36.9 Å². The van der Waals surface area contributed by atoms with Gasteiger partial charge in [0, 0.05) is 31.0 Å². The predicted octanol–water partition coefficient (Wildman–Crippen LogP) is 2.56. The number of rotatable bonds is 7. The molecule has 0 radical (unpaired) electrons. The van der Waals surface area contributed by atoms with Crippen LogP contribution in [0.1, 0.15) is 17.4 Å². The Kier molecular flexibility index (Phi) is 5.30. The molecule has 1 aromatic carbocycles. The molecule has 0 N–H and O–H groups in total. The summed E-state index contributed by atoms with van der Waals surface area (Å²) in [6, 6.07) is 5.80. The van der Waals surface area contributed by atoms with E-state index in [1.54, 1.807) is 38.5 Å². The van der Waals surface area contributed by atoms with Crippen LogP contribution in [0.2, 0.25) is 0 Å². The molecule has 0 aliphatic carbocycles. The second-order valence-electron chi connectivity index (χ2n) is 5.49. The minimum Gasteiger partial charge on any atom is -0.493 e. The first kappa shape index (κ1) is 16.7. The van der Waals surface area contributed by atoms with E-state index in [1.807, 2.05) is 33.9 Å². The van der Waals surface area contributed by atoms with Crippen LogP contribution < -0.4 is 9.47 Å². The third kappa shape index (κ3) is 3.36. The first-order chi connectivity index (χ1) is 11.7. The van der Waals surface area contributed by atoms with Crippen LogP contribution in [0.5, 0.6) is 11.5 Å². The van der Waals surface area contributed by atoms with Crippen LogP contribution in [0.3, 0.4) is 0 Å². The van der Waals surface area contributed by atoms with Gasteiger partial charge in [0.2, 0.25) is 5.91 Å². The van der Waals surface area contributed by atoms with Crippen LogP contribution >= 0.6 is 11.8 Å². The number of hydrogen-bond donors (Lipinski definition) is 0. The Bertz CT molecular complexity index is 690. The number of methoxy groups -OCH3 is 2. The quantitative estimate of drug-likeness (QED) is 0.770. The van der Waals surface area contributed by atoms with Crippen LogP contribution in [-0.4, -0.2) is 46.9 Å². The standard InChI is InChI=1S/C17H21N3O3S/c1-22-14-6-3-5-13(16(14)23-2)17-20(15(21)11-24-17)9-4-8-19-10-7-18-12-19/h3,5-7,10,12,17H,4,8-9,11H2,1-2H3. The fraction of sp³-hybridized carbons (Fsp3) is 0.412. The van der Waals surface area contributed by atoms with Crippen molar-refractivity contribution in [1.82, 2.24) is 14.5 Å². The van der Waals surface area contributed by atoms with Gasteiger partial charge in [-0.2, -0.15) is 0 Å². The fourth-order valence-corrected chi connectivity index (χ4v) is 4.14. The van der Waals surface area contributed by atoms with Gasteiger partial charge in [0.15, 0.2) is 11.5 Å². The summed E-state index contributed by atoms with van der Waals surface area (Å²) >= 11 is 1.63. The molecule has 128 valence electrons. The van der Waals surface area contributed by atoms with Crippen molar-refractivity contribution in [1.29, 1.82) is 0 Å². The Labute approximate surface area is 145 Å². The number of hydrogen-bond acceptors (Lipinski definition) is 5. The first-order valence-corrected chi connectivity index (χ1v) is 8.87. The highest BCUT2D eigenvalue weighted by atomic mass is 32.2. The van der Waals surface area contributed by atoms with Gasteiger partial charge in [0.05, 0.1) is 26.3 Å². The zero-order valence-electron chi connectivity index (χ0n) is 13.8. The molecule has 0 spiro atoms. The fourth-order valence-electron chi connectivity index (χ4n) is 2.90. The van der Waals surface area contributed by atoms with Gasteiger partial charge >= 0.3 is 0 Å². The van der Waals surface area contributed by atoms with Gasteiger partial charge in [-0.3, -0.25) is 4.79 Å². The van der Waals surface area contributed by atoms with E-state index in [2.05, 4.69) is 4.98 Å². The van der Waals surface area contributed by atoms with Crippen molar-refractivity contribution in [2.75, 3.05) is 26.5 Å². The lowest BCUT2D eigenvalue weighted by Gasteiger charge is -2.26. The molecule has 6 nitrogen and oxygen atoms in total. The second kappa shape index (κ2) is 7.61. The molecule has 1 aromatic heterocycles. The van der Waals surface area contributed by atoms with E-state index in [9.17, 15) is 4.79 Å². The molecule has 2 aromatic rings. The van der Waals surface area contributed by atoms with E-state index in [4.69, 9.17) is 9.47 Å². The molecular weight excluding hydrogens is 326 g/mol. The summed E-state index contributed by atoms with van der Waals surface area (Å²) in [5, 5.41) is -0.0367. The molecule has 1 atom stereocenters. The van der Waals surface area contributed by atoms with E-state index in [1.165, 1.54) is 0 Å². The minimum absolute atomic E-state index is 0.0367. The van der Waals surface area contributed by atoms with Crippen molar-refractivity contribution in [3.8, 4) is 11.5 Å². The average Bonchev–Trinajstić information content (AvgIpc) is 3.24. The number of carbonyl (C=O) groups excluding carboxylic acids is 1. The number of imidazole rings is 1. The maximum atomic E-state index is 12.3. The zero-order chi connectivity index (χ0) is 16.9. The summed E-state index contributed by atoms with van der Waals surface area (Å²) in [4.78, 5) is 18.3. The monoisotopic (exact) mass is 347 g/mol. The number of amides is 1. The lowest BCUT2D eigenvalue weighted by molar-refractivity contribution is -0.128. The number of benzene rings is 1. The average molecular weight is 347 g/mol. The molecular formula is C17H21N3O3S. The number of ether oxygens (including phenoxy) is 2. The second-order valence-corrected chi connectivity index (χ2v) is 6.56. The summed E-state index contributed by atoms with van der Waals surface area (Å²) in [5.41, 5.74) is 0.982. The minimum atomic E-state index is -0.0367. The van der Waals surface area contributed by atoms with Crippen LogP contribution in [0.25, 0.3) is 0 Å². The highest BCUT2D eigenvalue weighted by Crippen LogP contribution is 2.45. The third-order valence-corrected chi connectivity index (χ3v) is 5.28. The van der Waals surface area contributed by atoms with Crippen molar-refractivity contribution in [3.63, 3.8) is 0 Å². The number of carbonyl (C=O) groups is 1. The van der Waals surface area contributed by atoms with Gasteiger partial charge in [-0.25, -0.2) is 4.98 Å². The van der Waals surface area contributed by atoms with Crippen molar-refractivity contribution >= 4 is 17.7 Å². The summed E-state index contributed by atoms with van der Waals surface area (Å²) in [5.74, 6) is 2.05. The molecule has 0 bridgehead atoms.